The van der Waals surface area contributed by atoms with Gasteiger partial charge in [-0.25, -0.2) is 9.59 Å². The highest BCUT2D eigenvalue weighted by Gasteiger charge is 2.13. The first kappa shape index (κ1) is 23.2. The van der Waals surface area contributed by atoms with Crippen molar-refractivity contribution in [2.45, 2.75) is 52.6 Å². The summed E-state index contributed by atoms with van der Waals surface area (Å²) in [4.78, 5) is 44.2. The van der Waals surface area contributed by atoms with E-state index in [9.17, 15) is 19.2 Å². The van der Waals surface area contributed by atoms with Crippen molar-refractivity contribution in [3.63, 3.8) is 0 Å². The van der Waals surface area contributed by atoms with Gasteiger partial charge in [0.2, 0.25) is 11.6 Å². The molecule has 0 rings (SSSR count). The van der Waals surface area contributed by atoms with Crippen LogP contribution in [0.1, 0.15) is 46.5 Å². The normalized spacial score (nSPS) is 11.6. The lowest BCUT2D eigenvalue weighted by atomic mass is 10.3. The van der Waals surface area contributed by atoms with Gasteiger partial charge in [-0.2, -0.15) is 0 Å². The second kappa shape index (κ2) is 14.5. The molecule has 0 fully saturated rings. The first-order valence-corrected chi connectivity index (χ1v) is 8.51. The zero-order valence-electron chi connectivity index (χ0n) is 15.2. The molecular weight excluding hydrogens is 332 g/mol. The number of carbonyl (C=O) groups is 4. The molecule has 0 spiro atoms. The third kappa shape index (κ3) is 12.2. The van der Waals surface area contributed by atoms with Gasteiger partial charge in [0.15, 0.2) is 0 Å². The summed E-state index contributed by atoms with van der Waals surface area (Å²) in [6.07, 6.45) is 1.12. The standard InChI is InChI=1S/C17H28O8/c1-4-14(18)16(20)24-10-6-8-22-12-13(3)23-9-7-11-25-17(21)15(19)5-2/h13H,4-12H2,1-3H3. The van der Waals surface area contributed by atoms with Gasteiger partial charge in [0, 0.05) is 32.3 Å². The Morgan fingerprint density at radius 2 is 1.24 bits per heavy atom. The van der Waals surface area contributed by atoms with Crippen molar-refractivity contribution in [3.05, 3.63) is 0 Å². The van der Waals surface area contributed by atoms with Crippen LogP contribution in [0, 0.1) is 0 Å². The summed E-state index contributed by atoms with van der Waals surface area (Å²) >= 11 is 0. The van der Waals surface area contributed by atoms with Gasteiger partial charge >= 0.3 is 11.9 Å². The van der Waals surface area contributed by atoms with Crippen LogP contribution in [0.15, 0.2) is 0 Å². The number of hydrogen-bond donors (Lipinski definition) is 0. The minimum absolute atomic E-state index is 0.137. The average molecular weight is 360 g/mol. The Kier molecular flexibility index (Phi) is 13.5. The minimum Gasteiger partial charge on any atom is -0.460 e. The summed E-state index contributed by atoms with van der Waals surface area (Å²) in [7, 11) is 0. The van der Waals surface area contributed by atoms with Crippen LogP contribution in [-0.2, 0) is 38.1 Å². The number of hydrogen-bond acceptors (Lipinski definition) is 8. The van der Waals surface area contributed by atoms with Crippen molar-refractivity contribution >= 4 is 23.5 Å². The molecule has 0 aromatic rings. The lowest BCUT2D eigenvalue weighted by Gasteiger charge is -2.13. The molecule has 1 unspecified atom stereocenters. The van der Waals surface area contributed by atoms with E-state index in [4.69, 9.17) is 18.9 Å². The Balaban J connectivity index is 3.49. The van der Waals surface area contributed by atoms with Gasteiger partial charge in [-0.15, -0.1) is 0 Å². The Hall–Kier alpha value is -1.80. The maximum Gasteiger partial charge on any atom is 0.374 e. The molecule has 8 nitrogen and oxygen atoms in total. The molecule has 0 saturated carbocycles. The van der Waals surface area contributed by atoms with Crippen molar-refractivity contribution in [2.24, 2.45) is 0 Å². The third-order valence-corrected chi connectivity index (χ3v) is 3.04. The van der Waals surface area contributed by atoms with Crippen LogP contribution in [0.5, 0.6) is 0 Å². The summed E-state index contributed by atoms with van der Waals surface area (Å²) in [6, 6.07) is 0. The molecule has 0 heterocycles. The Morgan fingerprint density at radius 1 is 0.760 bits per heavy atom. The summed E-state index contributed by atoms with van der Waals surface area (Å²) in [6.45, 7) is 6.46. The summed E-state index contributed by atoms with van der Waals surface area (Å²) in [5, 5.41) is 0. The number of esters is 2. The molecule has 25 heavy (non-hydrogen) atoms. The monoisotopic (exact) mass is 360 g/mol. The molecule has 0 aliphatic heterocycles. The number of Topliss-reactive ketones (excluding diaryl/α,β-unsaturated/α-hetero) is 2. The first-order chi connectivity index (χ1) is 11.9. The van der Waals surface area contributed by atoms with Crippen molar-refractivity contribution in [1.29, 1.82) is 0 Å². The van der Waals surface area contributed by atoms with Crippen molar-refractivity contribution < 1.29 is 38.1 Å². The second-order valence-corrected chi connectivity index (χ2v) is 5.29. The number of rotatable bonds is 15. The van der Waals surface area contributed by atoms with E-state index in [2.05, 4.69) is 0 Å². The molecule has 0 aliphatic carbocycles. The van der Waals surface area contributed by atoms with E-state index in [1.54, 1.807) is 13.8 Å². The average Bonchev–Trinajstić information content (AvgIpc) is 2.62. The highest BCUT2D eigenvalue weighted by Crippen LogP contribution is 1.97. The fourth-order valence-corrected chi connectivity index (χ4v) is 1.58. The van der Waals surface area contributed by atoms with Crippen molar-refractivity contribution in [2.75, 3.05) is 33.0 Å². The van der Waals surface area contributed by atoms with E-state index < -0.39 is 23.5 Å². The van der Waals surface area contributed by atoms with Crippen LogP contribution in [-0.4, -0.2) is 62.6 Å². The van der Waals surface area contributed by atoms with Gasteiger partial charge < -0.3 is 18.9 Å². The minimum atomic E-state index is -0.805. The van der Waals surface area contributed by atoms with Crippen LogP contribution < -0.4 is 0 Å². The van der Waals surface area contributed by atoms with Crippen molar-refractivity contribution in [3.8, 4) is 0 Å². The van der Waals surface area contributed by atoms with Crippen molar-refractivity contribution in [1.82, 2.24) is 0 Å². The topological polar surface area (TPSA) is 105 Å². The van der Waals surface area contributed by atoms with E-state index in [1.165, 1.54) is 0 Å². The molecule has 0 aliphatic rings. The highest BCUT2D eigenvalue weighted by atomic mass is 16.6. The van der Waals surface area contributed by atoms with Crippen LogP contribution in [0.3, 0.4) is 0 Å². The lowest BCUT2D eigenvalue weighted by molar-refractivity contribution is -0.154. The van der Waals surface area contributed by atoms with Gasteiger partial charge in [-0.05, 0) is 6.92 Å². The van der Waals surface area contributed by atoms with Gasteiger partial charge in [0.05, 0.1) is 32.5 Å². The quantitative estimate of drug-likeness (QED) is 0.244. The maximum absolute atomic E-state index is 11.1. The maximum atomic E-state index is 11.1. The van der Waals surface area contributed by atoms with Gasteiger partial charge in [0.25, 0.3) is 0 Å². The summed E-state index contributed by atoms with van der Waals surface area (Å²) in [5.41, 5.74) is 0. The van der Waals surface area contributed by atoms with E-state index >= 15 is 0 Å². The zero-order valence-corrected chi connectivity index (χ0v) is 15.2. The van der Waals surface area contributed by atoms with E-state index in [0.717, 1.165) is 0 Å². The van der Waals surface area contributed by atoms with Gasteiger partial charge in [-0.3, -0.25) is 9.59 Å². The zero-order chi connectivity index (χ0) is 19.1. The van der Waals surface area contributed by atoms with Crippen LogP contribution in [0.4, 0.5) is 0 Å². The fraction of sp³-hybridized carbons (Fsp3) is 0.765. The molecule has 0 radical (unpaired) electrons. The van der Waals surface area contributed by atoms with E-state index in [1.807, 2.05) is 6.92 Å². The second-order valence-electron chi connectivity index (χ2n) is 5.29. The first-order valence-electron chi connectivity index (χ1n) is 8.51. The largest absolute Gasteiger partial charge is 0.460 e. The lowest BCUT2D eigenvalue weighted by Crippen LogP contribution is -2.20. The predicted molar refractivity (Wildman–Crippen MR) is 88.0 cm³/mol. The molecule has 0 saturated heterocycles. The molecule has 0 N–H and O–H groups in total. The van der Waals surface area contributed by atoms with E-state index in [0.29, 0.717) is 32.7 Å². The van der Waals surface area contributed by atoms with Crippen LogP contribution in [0.25, 0.3) is 0 Å². The van der Waals surface area contributed by atoms with Gasteiger partial charge in [0.1, 0.15) is 0 Å². The fourth-order valence-electron chi connectivity index (χ4n) is 1.58. The predicted octanol–water partition coefficient (Wildman–Crippen LogP) is 1.23. The molecule has 0 bridgehead atoms. The smallest absolute Gasteiger partial charge is 0.374 e. The Bertz CT molecular complexity index is 432. The van der Waals surface area contributed by atoms with Crippen LogP contribution >= 0.6 is 0 Å². The molecule has 1 atom stereocenters. The summed E-state index contributed by atoms with van der Waals surface area (Å²) in [5.74, 6) is -2.68. The van der Waals surface area contributed by atoms with Gasteiger partial charge in [-0.1, -0.05) is 13.8 Å². The van der Waals surface area contributed by atoms with Crippen LogP contribution in [0.2, 0.25) is 0 Å². The Morgan fingerprint density at radius 3 is 1.72 bits per heavy atom. The molecule has 0 amide bonds. The van der Waals surface area contributed by atoms with E-state index in [-0.39, 0.29) is 32.2 Å². The molecule has 8 heteroatoms. The highest BCUT2D eigenvalue weighted by molar-refractivity contribution is 6.33. The Labute approximate surface area is 148 Å². The number of carbonyl (C=O) groups excluding carboxylic acids is 4. The number of ether oxygens (including phenoxy) is 4. The summed E-state index contributed by atoms with van der Waals surface area (Å²) < 4.78 is 20.4. The number of ketones is 2. The SMILES string of the molecule is CCC(=O)C(=O)OCCCOCC(C)OCCCOC(=O)C(=O)CC. The molecular formula is C17H28O8. The third-order valence-electron chi connectivity index (χ3n) is 3.04. The molecule has 0 aromatic heterocycles. The molecule has 144 valence electrons. The molecule has 0 aromatic carbocycles.